The number of halogens is 4. The van der Waals surface area contributed by atoms with Crippen LogP contribution in [-0.4, -0.2) is 11.9 Å². The van der Waals surface area contributed by atoms with Gasteiger partial charge in [0.05, 0.1) is 11.6 Å². The Bertz CT molecular complexity index is 733. The van der Waals surface area contributed by atoms with E-state index in [1.165, 1.54) is 29.4 Å². The molecule has 118 valence electrons. The fourth-order valence-corrected chi connectivity index (χ4v) is 2.37. The van der Waals surface area contributed by atoms with Crippen molar-refractivity contribution >= 4 is 11.4 Å². The molecule has 0 N–H and O–H groups in total. The number of anilines is 1. The quantitative estimate of drug-likeness (QED) is 0.721. The van der Waals surface area contributed by atoms with Crippen LogP contribution in [0.1, 0.15) is 11.5 Å². The molecule has 0 aliphatic carbocycles. The summed E-state index contributed by atoms with van der Waals surface area (Å²) in [7, 11) is 0. The second-order valence-electron chi connectivity index (χ2n) is 5.03. The molecule has 2 aromatic carbocycles. The molecular formula is C17H12F4N2. The molecule has 0 amide bonds. The molecule has 0 saturated heterocycles. The third kappa shape index (κ3) is 3.26. The van der Waals surface area contributed by atoms with Gasteiger partial charge in [0.25, 0.3) is 0 Å². The van der Waals surface area contributed by atoms with Crippen LogP contribution in [0.3, 0.4) is 0 Å². The molecule has 3 rings (SSSR count). The van der Waals surface area contributed by atoms with Crippen LogP contribution in [0.25, 0.3) is 0 Å². The van der Waals surface area contributed by atoms with Gasteiger partial charge in [0.15, 0.2) is 5.71 Å². The first-order chi connectivity index (χ1) is 10.9. The molecule has 1 unspecified atom stereocenters. The molecule has 1 heterocycles. The minimum atomic E-state index is -4.59. The number of benzene rings is 2. The summed E-state index contributed by atoms with van der Waals surface area (Å²) in [6, 6.07) is 13.5. The van der Waals surface area contributed by atoms with E-state index in [4.69, 9.17) is 0 Å². The Labute approximate surface area is 130 Å². The molecule has 1 aliphatic rings. The first kappa shape index (κ1) is 15.3. The maximum absolute atomic E-state index is 13.4. The summed E-state index contributed by atoms with van der Waals surface area (Å²) in [5.74, 6) is -1.56. The Morgan fingerprint density at radius 3 is 2.17 bits per heavy atom. The molecule has 1 aliphatic heterocycles. The standard InChI is InChI=1S/C17H12F4N2/c18-13-8-6-12(7-9-13)15-10-11-23(14-4-2-1-3-5-14)22-16(15)17(19,20)21/h1-11,15H. The van der Waals surface area contributed by atoms with E-state index in [1.54, 1.807) is 30.3 Å². The molecule has 23 heavy (non-hydrogen) atoms. The molecule has 1 atom stereocenters. The van der Waals surface area contributed by atoms with Gasteiger partial charge in [0.2, 0.25) is 0 Å². The molecule has 0 radical (unpaired) electrons. The second-order valence-corrected chi connectivity index (χ2v) is 5.03. The Kier molecular flexibility index (Phi) is 3.90. The zero-order valence-corrected chi connectivity index (χ0v) is 11.8. The molecule has 0 bridgehead atoms. The van der Waals surface area contributed by atoms with E-state index in [0.717, 1.165) is 12.1 Å². The van der Waals surface area contributed by atoms with Crippen LogP contribution in [-0.2, 0) is 0 Å². The zero-order chi connectivity index (χ0) is 16.4. The molecule has 6 heteroatoms. The van der Waals surface area contributed by atoms with E-state index in [0.29, 0.717) is 11.3 Å². The van der Waals surface area contributed by atoms with Crippen LogP contribution in [0.15, 0.2) is 72.0 Å². The van der Waals surface area contributed by atoms with Crippen molar-refractivity contribution in [1.82, 2.24) is 0 Å². The Hall–Kier alpha value is -2.63. The van der Waals surface area contributed by atoms with Crippen molar-refractivity contribution in [3.63, 3.8) is 0 Å². The third-order valence-corrected chi connectivity index (χ3v) is 3.47. The van der Waals surface area contributed by atoms with Gasteiger partial charge < -0.3 is 0 Å². The number of rotatable bonds is 2. The van der Waals surface area contributed by atoms with E-state index >= 15 is 0 Å². The molecule has 0 fully saturated rings. The fraction of sp³-hybridized carbons (Fsp3) is 0.118. The average Bonchev–Trinajstić information content (AvgIpc) is 2.55. The predicted octanol–water partition coefficient (Wildman–Crippen LogP) is 4.86. The highest BCUT2D eigenvalue weighted by molar-refractivity contribution is 5.98. The summed E-state index contributed by atoms with van der Waals surface area (Å²) in [5.41, 5.74) is -0.0649. The maximum Gasteiger partial charge on any atom is 0.432 e. The van der Waals surface area contributed by atoms with Gasteiger partial charge in [0.1, 0.15) is 5.82 Å². The van der Waals surface area contributed by atoms with Gasteiger partial charge >= 0.3 is 6.18 Å². The molecular weight excluding hydrogens is 308 g/mol. The summed E-state index contributed by atoms with van der Waals surface area (Å²) in [4.78, 5) is 0. The van der Waals surface area contributed by atoms with Crippen molar-refractivity contribution in [2.75, 3.05) is 5.01 Å². The molecule has 2 nitrogen and oxygen atoms in total. The molecule has 0 aromatic heterocycles. The number of para-hydroxylation sites is 1. The summed E-state index contributed by atoms with van der Waals surface area (Å²) >= 11 is 0. The smallest absolute Gasteiger partial charge is 0.241 e. The minimum absolute atomic E-state index is 0.339. The van der Waals surface area contributed by atoms with Gasteiger partial charge in [-0.3, -0.25) is 0 Å². The van der Waals surface area contributed by atoms with Crippen LogP contribution < -0.4 is 5.01 Å². The highest BCUT2D eigenvalue weighted by Gasteiger charge is 2.42. The van der Waals surface area contributed by atoms with Crippen molar-refractivity contribution in [3.05, 3.63) is 78.3 Å². The highest BCUT2D eigenvalue weighted by atomic mass is 19.4. The van der Waals surface area contributed by atoms with Crippen molar-refractivity contribution in [2.45, 2.75) is 12.1 Å². The third-order valence-electron chi connectivity index (χ3n) is 3.47. The maximum atomic E-state index is 13.4. The van der Waals surface area contributed by atoms with Gasteiger partial charge in [-0.1, -0.05) is 36.4 Å². The number of hydrogen-bond acceptors (Lipinski definition) is 2. The average molecular weight is 320 g/mol. The lowest BCUT2D eigenvalue weighted by Gasteiger charge is -2.27. The van der Waals surface area contributed by atoms with E-state index in [-0.39, 0.29) is 0 Å². The van der Waals surface area contributed by atoms with E-state index in [9.17, 15) is 17.6 Å². The summed E-state index contributed by atoms with van der Waals surface area (Å²) in [6.07, 6.45) is -1.69. The number of hydrogen-bond donors (Lipinski definition) is 0. The van der Waals surface area contributed by atoms with Crippen LogP contribution in [0.2, 0.25) is 0 Å². The fourth-order valence-electron chi connectivity index (χ4n) is 2.37. The normalized spacial score (nSPS) is 18.0. The molecule has 2 aromatic rings. The van der Waals surface area contributed by atoms with Crippen LogP contribution in [0.5, 0.6) is 0 Å². The topological polar surface area (TPSA) is 15.6 Å². The zero-order valence-electron chi connectivity index (χ0n) is 11.8. The van der Waals surface area contributed by atoms with Gasteiger partial charge in [-0.05, 0) is 29.8 Å². The SMILES string of the molecule is Fc1ccc(C2C=CN(c3ccccc3)N=C2C(F)(F)F)cc1. The monoisotopic (exact) mass is 320 g/mol. The second kappa shape index (κ2) is 5.87. The van der Waals surface area contributed by atoms with E-state index in [2.05, 4.69) is 5.10 Å². The van der Waals surface area contributed by atoms with E-state index in [1.807, 2.05) is 0 Å². The van der Waals surface area contributed by atoms with Crippen molar-refractivity contribution in [2.24, 2.45) is 5.10 Å². The lowest BCUT2D eigenvalue weighted by molar-refractivity contribution is -0.0611. The van der Waals surface area contributed by atoms with Gasteiger partial charge in [0, 0.05) is 6.20 Å². The van der Waals surface area contributed by atoms with Gasteiger partial charge in [-0.2, -0.15) is 18.3 Å². The molecule has 0 spiro atoms. The lowest BCUT2D eigenvalue weighted by Crippen LogP contribution is -2.34. The lowest BCUT2D eigenvalue weighted by atomic mass is 9.92. The number of nitrogens with zero attached hydrogens (tertiary/aromatic N) is 2. The Morgan fingerprint density at radius 1 is 0.913 bits per heavy atom. The van der Waals surface area contributed by atoms with Gasteiger partial charge in [-0.25, -0.2) is 9.40 Å². The highest BCUT2D eigenvalue weighted by Crippen LogP contribution is 2.34. The molecule has 0 saturated carbocycles. The van der Waals surface area contributed by atoms with Crippen LogP contribution in [0, 0.1) is 5.82 Å². The van der Waals surface area contributed by atoms with Crippen LogP contribution in [0.4, 0.5) is 23.2 Å². The minimum Gasteiger partial charge on any atom is -0.241 e. The first-order valence-corrected chi connectivity index (χ1v) is 6.89. The largest absolute Gasteiger partial charge is 0.432 e. The number of hydrazone groups is 1. The first-order valence-electron chi connectivity index (χ1n) is 6.89. The summed E-state index contributed by atoms with van der Waals surface area (Å²) in [5, 5.41) is 4.93. The Morgan fingerprint density at radius 2 is 1.57 bits per heavy atom. The predicted molar refractivity (Wildman–Crippen MR) is 80.7 cm³/mol. The van der Waals surface area contributed by atoms with Crippen molar-refractivity contribution < 1.29 is 17.6 Å². The van der Waals surface area contributed by atoms with Crippen LogP contribution >= 0.6 is 0 Å². The number of allylic oxidation sites excluding steroid dienone is 1. The summed E-state index contributed by atoms with van der Waals surface area (Å²) in [6.45, 7) is 0. The van der Waals surface area contributed by atoms with Crippen molar-refractivity contribution in [1.29, 1.82) is 0 Å². The van der Waals surface area contributed by atoms with Gasteiger partial charge in [-0.15, -0.1) is 0 Å². The van der Waals surface area contributed by atoms with E-state index < -0.39 is 23.6 Å². The summed E-state index contributed by atoms with van der Waals surface area (Å²) < 4.78 is 53.1. The van der Waals surface area contributed by atoms with Crippen molar-refractivity contribution in [3.8, 4) is 0 Å². The Balaban J connectivity index is 2.00. The number of alkyl halides is 3.